The molecule has 0 saturated carbocycles. The number of hydrogen-bond acceptors (Lipinski definition) is 4. The van der Waals surface area contributed by atoms with Gasteiger partial charge in [0, 0.05) is 26.3 Å². The zero-order valence-corrected chi connectivity index (χ0v) is 10.2. The highest BCUT2D eigenvalue weighted by Crippen LogP contribution is 2.13. The van der Waals surface area contributed by atoms with Crippen molar-refractivity contribution < 1.29 is 9.53 Å². The molecule has 16 heavy (non-hydrogen) atoms. The SMILES string of the molecule is COCCC(N)C(=O)NCC1CCCN1C. The summed E-state index contributed by atoms with van der Waals surface area (Å²) in [6.45, 7) is 2.35. The van der Waals surface area contributed by atoms with E-state index in [2.05, 4.69) is 17.3 Å². The van der Waals surface area contributed by atoms with Gasteiger partial charge >= 0.3 is 0 Å². The molecule has 0 radical (unpaired) electrons. The molecule has 3 N–H and O–H groups in total. The maximum absolute atomic E-state index is 11.6. The fourth-order valence-electron chi connectivity index (χ4n) is 1.96. The van der Waals surface area contributed by atoms with Gasteiger partial charge in [0.1, 0.15) is 0 Å². The molecule has 0 spiro atoms. The Morgan fingerprint density at radius 3 is 3.00 bits per heavy atom. The molecule has 5 nitrogen and oxygen atoms in total. The van der Waals surface area contributed by atoms with Crippen molar-refractivity contribution in [3.8, 4) is 0 Å². The lowest BCUT2D eigenvalue weighted by atomic mass is 10.2. The number of hydrogen-bond donors (Lipinski definition) is 2. The average molecular weight is 229 g/mol. The van der Waals surface area contributed by atoms with Crippen molar-refractivity contribution in [1.82, 2.24) is 10.2 Å². The van der Waals surface area contributed by atoms with Gasteiger partial charge in [-0.05, 0) is 32.9 Å². The Bertz CT molecular complexity index is 223. The summed E-state index contributed by atoms with van der Waals surface area (Å²) in [4.78, 5) is 13.9. The van der Waals surface area contributed by atoms with Gasteiger partial charge in [-0.25, -0.2) is 0 Å². The van der Waals surface area contributed by atoms with Crippen LogP contribution in [0.1, 0.15) is 19.3 Å². The van der Waals surface area contributed by atoms with Gasteiger partial charge in [0.05, 0.1) is 6.04 Å². The molecule has 0 aromatic heterocycles. The minimum Gasteiger partial charge on any atom is -0.385 e. The number of nitrogens with zero attached hydrogens (tertiary/aromatic N) is 1. The van der Waals surface area contributed by atoms with Crippen LogP contribution in [-0.2, 0) is 9.53 Å². The molecule has 1 aliphatic heterocycles. The minimum atomic E-state index is -0.452. The zero-order chi connectivity index (χ0) is 12.0. The molecule has 1 aliphatic rings. The number of methoxy groups -OCH3 is 1. The van der Waals surface area contributed by atoms with Crippen LogP contribution in [0.4, 0.5) is 0 Å². The molecule has 0 aliphatic carbocycles. The van der Waals surface area contributed by atoms with Crippen molar-refractivity contribution in [2.75, 3.05) is 33.9 Å². The van der Waals surface area contributed by atoms with Crippen LogP contribution >= 0.6 is 0 Å². The second kappa shape index (κ2) is 6.83. The van der Waals surface area contributed by atoms with E-state index in [0.29, 0.717) is 25.6 Å². The Labute approximate surface area is 97.3 Å². The highest BCUT2D eigenvalue weighted by molar-refractivity contribution is 5.81. The van der Waals surface area contributed by atoms with E-state index in [1.165, 1.54) is 6.42 Å². The van der Waals surface area contributed by atoms with Crippen molar-refractivity contribution in [2.24, 2.45) is 5.73 Å². The van der Waals surface area contributed by atoms with Crippen LogP contribution in [0.25, 0.3) is 0 Å². The van der Waals surface area contributed by atoms with Crippen LogP contribution in [0.3, 0.4) is 0 Å². The fourth-order valence-corrected chi connectivity index (χ4v) is 1.96. The third kappa shape index (κ3) is 4.08. The van der Waals surface area contributed by atoms with E-state index in [0.717, 1.165) is 13.0 Å². The Balaban J connectivity index is 2.18. The number of rotatable bonds is 6. The molecule has 0 aromatic carbocycles. The first kappa shape index (κ1) is 13.4. The molecular weight excluding hydrogens is 206 g/mol. The Kier molecular flexibility index (Phi) is 5.73. The van der Waals surface area contributed by atoms with Gasteiger partial charge < -0.3 is 20.7 Å². The second-order valence-corrected chi connectivity index (χ2v) is 4.41. The van der Waals surface area contributed by atoms with E-state index in [4.69, 9.17) is 10.5 Å². The highest BCUT2D eigenvalue weighted by Gasteiger charge is 2.22. The molecule has 0 bridgehead atoms. The predicted molar refractivity (Wildman–Crippen MR) is 63.1 cm³/mol. The lowest BCUT2D eigenvalue weighted by Gasteiger charge is -2.20. The predicted octanol–water partition coefficient (Wildman–Crippen LogP) is -0.439. The van der Waals surface area contributed by atoms with E-state index in [9.17, 15) is 4.79 Å². The quantitative estimate of drug-likeness (QED) is 0.648. The maximum Gasteiger partial charge on any atom is 0.237 e. The summed E-state index contributed by atoms with van der Waals surface area (Å²) in [5, 5.41) is 2.90. The van der Waals surface area contributed by atoms with Crippen molar-refractivity contribution in [3.63, 3.8) is 0 Å². The maximum atomic E-state index is 11.6. The van der Waals surface area contributed by atoms with Crippen LogP contribution in [0.2, 0.25) is 0 Å². The Morgan fingerprint density at radius 2 is 2.44 bits per heavy atom. The number of nitrogens with one attached hydrogen (secondary N) is 1. The summed E-state index contributed by atoms with van der Waals surface area (Å²) in [5.74, 6) is -0.0719. The van der Waals surface area contributed by atoms with Crippen molar-refractivity contribution >= 4 is 5.91 Å². The number of carbonyl (C=O) groups is 1. The lowest BCUT2D eigenvalue weighted by Crippen LogP contribution is -2.45. The molecule has 1 rings (SSSR count). The normalized spacial score (nSPS) is 23.3. The second-order valence-electron chi connectivity index (χ2n) is 4.41. The van der Waals surface area contributed by atoms with Gasteiger partial charge in [0.25, 0.3) is 0 Å². The van der Waals surface area contributed by atoms with Gasteiger partial charge in [-0.1, -0.05) is 0 Å². The summed E-state index contributed by atoms with van der Waals surface area (Å²) in [5.41, 5.74) is 5.72. The number of ether oxygens (including phenoxy) is 1. The number of likely N-dealkylation sites (N-methyl/N-ethyl adjacent to an activating group) is 1. The van der Waals surface area contributed by atoms with Gasteiger partial charge in [0.15, 0.2) is 0 Å². The largest absolute Gasteiger partial charge is 0.385 e. The van der Waals surface area contributed by atoms with Crippen molar-refractivity contribution in [1.29, 1.82) is 0 Å². The van der Waals surface area contributed by atoms with Gasteiger partial charge in [0.2, 0.25) is 5.91 Å². The molecule has 1 heterocycles. The van der Waals surface area contributed by atoms with E-state index in [-0.39, 0.29) is 5.91 Å². The summed E-state index contributed by atoms with van der Waals surface area (Å²) in [6, 6.07) is 0.0187. The summed E-state index contributed by atoms with van der Waals surface area (Å²) in [7, 11) is 3.70. The van der Waals surface area contributed by atoms with E-state index >= 15 is 0 Å². The molecular formula is C11H23N3O2. The molecule has 5 heteroatoms. The number of amides is 1. The van der Waals surface area contributed by atoms with Crippen molar-refractivity contribution in [2.45, 2.75) is 31.3 Å². The van der Waals surface area contributed by atoms with Crippen LogP contribution < -0.4 is 11.1 Å². The fraction of sp³-hybridized carbons (Fsp3) is 0.909. The molecule has 2 atom stereocenters. The van der Waals surface area contributed by atoms with Crippen LogP contribution in [-0.4, -0.2) is 56.7 Å². The molecule has 1 fully saturated rings. The number of carbonyl (C=O) groups excluding carboxylic acids is 1. The first-order chi connectivity index (χ1) is 7.65. The van der Waals surface area contributed by atoms with Crippen molar-refractivity contribution in [3.05, 3.63) is 0 Å². The molecule has 2 unspecified atom stereocenters. The van der Waals surface area contributed by atoms with E-state index in [1.807, 2.05) is 0 Å². The number of nitrogens with two attached hydrogens (primary N) is 1. The smallest absolute Gasteiger partial charge is 0.237 e. The monoisotopic (exact) mass is 229 g/mol. The lowest BCUT2D eigenvalue weighted by molar-refractivity contribution is -0.122. The molecule has 0 aromatic rings. The van der Waals surface area contributed by atoms with E-state index < -0.39 is 6.04 Å². The highest BCUT2D eigenvalue weighted by atomic mass is 16.5. The Hall–Kier alpha value is -0.650. The first-order valence-electron chi connectivity index (χ1n) is 5.87. The molecule has 1 saturated heterocycles. The third-order valence-electron chi connectivity index (χ3n) is 3.15. The topological polar surface area (TPSA) is 67.6 Å². The first-order valence-corrected chi connectivity index (χ1v) is 5.87. The standard InChI is InChI=1S/C11H23N3O2/c1-14-6-3-4-9(14)8-13-11(15)10(12)5-7-16-2/h9-10H,3-8,12H2,1-2H3,(H,13,15). The number of likely N-dealkylation sites (tertiary alicyclic amines) is 1. The summed E-state index contributed by atoms with van der Waals surface area (Å²) >= 11 is 0. The molecule has 1 amide bonds. The third-order valence-corrected chi connectivity index (χ3v) is 3.15. The summed E-state index contributed by atoms with van der Waals surface area (Å²) < 4.78 is 4.89. The van der Waals surface area contributed by atoms with Crippen LogP contribution in [0, 0.1) is 0 Å². The minimum absolute atomic E-state index is 0.0719. The van der Waals surface area contributed by atoms with Gasteiger partial charge in [-0.15, -0.1) is 0 Å². The van der Waals surface area contributed by atoms with E-state index in [1.54, 1.807) is 7.11 Å². The summed E-state index contributed by atoms with van der Waals surface area (Å²) in [6.07, 6.45) is 2.94. The zero-order valence-electron chi connectivity index (χ0n) is 10.2. The van der Waals surface area contributed by atoms with Crippen LogP contribution in [0.15, 0.2) is 0 Å². The average Bonchev–Trinajstić information content (AvgIpc) is 2.68. The van der Waals surface area contributed by atoms with Crippen LogP contribution in [0.5, 0.6) is 0 Å². The Morgan fingerprint density at radius 1 is 1.69 bits per heavy atom. The van der Waals surface area contributed by atoms with Gasteiger partial charge in [-0.2, -0.15) is 0 Å². The molecule has 94 valence electrons. The van der Waals surface area contributed by atoms with Gasteiger partial charge in [-0.3, -0.25) is 4.79 Å².